The van der Waals surface area contributed by atoms with Gasteiger partial charge in [0.25, 0.3) is 5.91 Å². The van der Waals surface area contributed by atoms with Gasteiger partial charge in [0.05, 0.1) is 11.9 Å². The van der Waals surface area contributed by atoms with Crippen molar-refractivity contribution in [2.24, 2.45) is 0 Å². The molecule has 0 aromatic carbocycles. The summed E-state index contributed by atoms with van der Waals surface area (Å²) in [4.78, 5) is 31.5. The molecule has 7 heteroatoms. The normalized spacial score (nSPS) is 19.2. The third kappa shape index (κ3) is 3.01. The first kappa shape index (κ1) is 16.5. The van der Waals surface area contributed by atoms with Crippen LogP contribution in [0.4, 0.5) is 0 Å². The van der Waals surface area contributed by atoms with E-state index < -0.39 is 0 Å². The molecule has 5 rings (SSSR count). The highest BCUT2D eigenvalue weighted by atomic mass is 16.2. The van der Waals surface area contributed by atoms with Gasteiger partial charge in [-0.1, -0.05) is 12.8 Å². The predicted molar refractivity (Wildman–Crippen MR) is 101 cm³/mol. The number of H-pyrrole nitrogens is 1. The van der Waals surface area contributed by atoms with E-state index in [1.807, 2.05) is 23.5 Å². The summed E-state index contributed by atoms with van der Waals surface area (Å²) >= 11 is 0. The lowest BCUT2D eigenvalue weighted by Gasteiger charge is -2.31. The average Bonchev–Trinajstić information content (AvgIpc) is 3.48. The summed E-state index contributed by atoms with van der Waals surface area (Å²) in [6.07, 6.45) is 14.1. The number of rotatable bonds is 3. The molecule has 1 saturated carbocycles. The Kier molecular flexibility index (Phi) is 4.14. The number of aromatic amines is 1. The molecule has 1 aliphatic heterocycles. The summed E-state index contributed by atoms with van der Waals surface area (Å²) < 4.78 is 2.19. The van der Waals surface area contributed by atoms with Gasteiger partial charge < -0.3 is 14.5 Å². The highest BCUT2D eigenvalue weighted by Gasteiger charge is 2.26. The molecule has 1 N–H and O–H groups in total. The molecule has 2 fully saturated rings. The van der Waals surface area contributed by atoms with E-state index in [2.05, 4.69) is 24.5 Å². The second kappa shape index (κ2) is 6.79. The highest BCUT2D eigenvalue weighted by Crippen LogP contribution is 2.32. The Morgan fingerprint density at radius 1 is 1.07 bits per heavy atom. The SMILES string of the molecule is O=C(c1cnc2c(c1)ncn2C1CCCC1)N1CCC(c2ncc[nH]2)CC1. The number of aromatic nitrogens is 5. The molecule has 0 spiro atoms. The van der Waals surface area contributed by atoms with Crippen molar-refractivity contribution in [3.05, 3.63) is 42.4 Å². The van der Waals surface area contributed by atoms with E-state index in [1.54, 1.807) is 12.4 Å². The van der Waals surface area contributed by atoms with E-state index in [1.165, 1.54) is 25.7 Å². The van der Waals surface area contributed by atoms with Crippen LogP contribution in [-0.4, -0.2) is 48.4 Å². The van der Waals surface area contributed by atoms with E-state index in [4.69, 9.17) is 0 Å². The van der Waals surface area contributed by atoms with E-state index >= 15 is 0 Å². The molecule has 0 bridgehead atoms. The Morgan fingerprint density at radius 2 is 1.89 bits per heavy atom. The summed E-state index contributed by atoms with van der Waals surface area (Å²) in [6.45, 7) is 1.50. The zero-order valence-electron chi connectivity index (χ0n) is 15.3. The Bertz CT molecular complexity index is 933. The number of nitrogens with one attached hydrogen (secondary N) is 1. The van der Waals surface area contributed by atoms with Crippen LogP contribution in [0.3, 0.4) is 0 Å². The van der Waals surface area contributed by atoms with Crippen LogP contribution in [0.15, 0.2) is 31.0 Å². The molecule has 0 radical (unpaired) electrons. The van der Waals surface area contributed by atoms with Crippen molar-refractivity contribution < 1.29 is 4.79 Å². The van der Waals surface area contributed by atoms with Gasteiger partial charge in [0.15, 0.2) is 5.65 Å². The van der Waals surface area contributed by atoms with Crippen molar-refractivity contribution in [1.29, 1.82) is 0 Å². The second-order valence-electron chi connectivity index (χ2n) is 7.70. The Balaban J connectivity index is 1.31. The van der Waals surface area contributed by atoms with Gasteiger partial charge in [0.1, 0.15) is 11.3 Å². The van der Waals surface area contributed by atoms with Crippen molar-refractivity contribution in [2.75, 3.05) is 13.1 Å². The van der Waals surface area contributed by atoms with Gasteiger partial charge in [-0.3, -0.25) is 4.79 Å². The third-order valence-electron chi connectivity index (χ3n) is 6.07. The van der Waals surface area contributed by atoms with Crippen LogP contribution >= 0.6 is 0 Å². The van der Waals surface area contributed by atoms with Crippen LogP contribution in [0.2, 0.25) is 0 Å². The van der Waals surface area contributed by atoms with E-state index in [0.717, 1.165) is 42.9 Å². The number of carbonyl (C=O) groups is 1. The van der Waals surface area contributed by atoms with Gasteiger partial charge in [0.2, 0.25) is 0 Å². The lowest BCUT2D eigenvalue weighted by atomic mass is 9.96. The lowest BCUT2D eigenvalue weighted by molar-refractivity contribution is 0.0711. The van der Waals surface area contributed by atoms with Gasteiger partial charge in [-0.2, -0.15) is 0 Å². The number of nitrogens with zero attached hydrogens (tertiary/aromatic N) is 5. The molecule has 0 unspecified atom stereocenters. The van der Waals surface area contributed by atoms with E-state index in [0.29, 0.717) is 17.5 Å². The minimum atomic E-state index is 0.0534. The first-order valence-electron chi connectivity index (χ1n) is 9.91. The van der Waals surface area contributed by atoms with E-state index in [9.17, 15) is 4.79 Å². The van der Waals surface area contributed by atoms with Crippen molar-refractivity contribution >= 4 is 17.1 Å². The zero-order valence-corrected chi connectivity index (χ0v) is 15.3. The number of likely N-dealkylation sites (tertiary alicyclic amines) is 1. The summed E-state index contributed by atoms with van der Waals surface area (Å²) in [5, 5.41) is 0. The maximum Gasteiger partial charge on any atom is 0.255 e. The van der Waals surface area contributed by atoms with Crippen molar-refractivity contribution in [3.63, 3.8) is 0 Å². The molecule has 2 aliphatic rings. The lowest BCUT2D eigenvalue weighted by Crippen LogP contribution is -2.38. The van der Waals surface area contributed by atoms with Crippen molar-refractivity contribution in [3.8, 4) is 0 Å². The Labute approximate surface area is 157 Å². The number of hydrogen-bond donors (Lipinski definition) is 1. The summed E-state index contributed by atoms with van der Waals surface area (Å²) in [7, 11) is 0. The molecule has 3 aromatic heterocycles. The van der Waals surface area contributed by atoms with Crippen LogP contribution in [-0.2, 0) is 0 Å². The number of imidazole rings is 2. The minimum Gasteiger partial charge on any atom is -0.348 e. The molecule has 7 nitrogen and oxygen atoms in total. The number of amides is 1. The van der Waals surface area contributed by atoms with Crippen molar-refractivity contribution in [1.82, 2.24) is 29.4 Å². The molecule has 3 aromatic rings. The number of fused-ring (bicyclic) bond motifs is 1. The highest BCUT2D eigenvalue weighted by molar-refractivity contribution is 5.96. The number of pyridine rings is 1. The van der Waals surface area contributed by atoms with Crippen LogP contribution in [0.1, 0.15) is 66.7 Å². The van der Waals surface area contributed by atoms with Crippen LogP contribution in [0.5, 0.6) is 0 Å². The molecular weight excluding hydrogens is 340 g/mol. The average molecular weight is 364 g/mol. The van der Waals surface area contributed by atoms with Gasteiger partial charge in [-0.15, -0.1) is 0 Å². The summed E-state index contributed by atoms with van der Waals surface area (Å²) in [6, 6.07) is 2.40. The molecule has 1 saturated heterocycles. The second-order valence-corrected chi connectivity index (χ2v) is 7.70. The zero-order chi connectivity index (χ0) is 18.2. The Morgan fingerprint density at radius 3 is 2.63 bits per heavy atom. The third-order valence-corrected chi connectivity index (χ3v) is 6.07. The molecule has 140 valence electrons. The summed E-state index contributed by atoms with van der Waals surface area (Å²) in [5.41, 5.74) is 2.35. The molecule has 0 atom stereocenters. The molecule has 4 heterocycles. The first-order valence-corrected chi connectivity index (χ1v) is 9.91. The van der Waals surface area contributed by atoms with Gasteiger partial charge in [-0.25, -0.2) is 15.0 Å². The molecule has 1 aliphatic carbocycles. The fraction of sp³-hybridized carbons (Fsp3) is 0.500. The predicted octanol–water partition coefficient (Wildman–Crippen LogP) is 3.29. The molecule has 1 amide bonds. The quantitative estimate of drug-likeness (QED) is 0.773. The van der Waals surface area contributed by atoms with Gasteiger partial charge in [-0.05, 0) is 31.7 Å². The fourth-order valence-corrected chi connectivity index (χ4v) is 4.52. The van der Waals surface area contributed by atoms with E-state index in [-0.39, 0.29) is 5.91 Å². The van der Waals surface area contributed by atoms with Crippen LogP contribution in [0, 0.1) is 0 Å². The number of hydrogen-bond acceptors (Lipinski definition) is 4. The molecular formula is C20H24N6O. The monoisotopic (exact) mass is 364 g/mol. The smallest absolute Gasteiger partial charge is 0.255 e. The number of carbonyl (C=O) groups excluding carboxylic acids is 1. The van der Waals surface area contributed by atoms with Crippen LogP contribution in [0.25, 0.3) is 11.2 Å². The van der Waals surface area contributed by atoms with Gasteiger partial charge in [0, 0.05) is 43.6 Å². The maximum atomic E-state index is 12.9. The number of piperidine rings is 1. The van der Waals surface area contributed by atoms with Gasteiger partial charge >= 0.3 is 0 Å². The standard InChI is InChI=1S/C20H24N6O/c27-20(25-9-5-14(6-10-25)18-21-7-8-22-18)15-11-17-19(23-12-15)26(13-24-17)16-3-1-2-4-16/h7-8,11-14,16H,1-6,9-10H2,(H,21,22). The minimum absolute atomic E-state index is 0.0534. The molecule has 27 heavy (non-hydrogen) atoms. The Hall–Kier alpha value is -2.70. The van der Waals surface area contributed by atoms with Crippen molar-refractivity contribution in [2.45, 2.75) is 50.5 Å². The topological polar surface area (TPSA) is 79.7 Å². The first-order chi connectivity index (χ1) is 13.3. The van der Waals surface area contributed by atoms with Crippen LogP contribution < -0.4 is 0 Å². The largest absolute Gasteiger partial charge is 0.348 e. The maximum absolute atomic E-state index is 12.9. The fourth-order valence-electron chi connectivity index (χ4n) is 4.52. The summed E-state index contributed by atoms with van der Waals surface area (Å²) in [5.74, 6) is 1.49.